The first-order valence-corrected chi connectivity index (χ1v) is 8.10. The number of pyridine rings is 2. The molecule has 2 aromatic heterocycles. The molecule has 0 atom stereocenters. The zero-order valence-corrected chi connectivity index (χ0v) is 13.1. The van der Waals surface area contributed by atoms with Gasteiger partial charge in [-0.15, -0.1) is 0 Å². The van der Waals surface area contributed by atoms with Crippen LogP contribution in [0.3, 0.4) is 0 Å². The number of carbonyl (C=O) groups is 1. The van der Waals surface area contributed by atoms with E-state index >= 15 is 0 Å². The fourth-order valence-corrected chi connectivity index (χ4v) is 2.75. The maximum Gasteiger partial charge on any atom is 0.253 e. The van der Waals surface area contributed by atoms with E-state index in [4.69, 9.17) is 4.74 Å². The van der Waals surface area contributed by atoms with Gasteiger partial charge in [-0.1, -0.05) is 19.3 Å². The molecule has 0 unspecified atom stereocenters. The zero-order chi connectivity index (χ0) is 15.9. The van der Waals surface area contributed by atoms with Crippen LogP contribution in [0.25, 0.3) is 0 Å². The van der Waals surface area contributed by atoms with Gasteiger partial charge in [-0.2, -0.15) is 0 Å². The number of nitrogens with one attached hydrogen (secondary N) is 1. The Labute approximate surface area is 136 Å². The Balaban J connectivity index is 1.52. The van der Waals surface area contributed by atoms with Gasteiger partial charge in [0.15, 0.2) is 0 Å². The summed E-state index contributed by atoms with van der Waals surface area (Å²) in [7, 11) is 0. The summed E-state index contributed by atoms with van der Waals surface area (Å²) in [4.78, 5) is 20.4. The van der Waals surface area contributed by atoms with Crippen LogP contribution in [-0.2, 0) is 6.61 Å². The first-order chi connectivity index (χ1) is 11.3. The molecule has 0 bridgehead atoms. The smallest absolute Gasteiger partial charge is 0.253 e. The Bertz CT molecular complexity index is 622. The molecule has 1 aliphatic rings. The third-order valence-corrected chi connectivity index (χ3v) is 4.07. The van der Waals surface area contributed by atoms with Crippen LogP contribution in [0.2, 0.25) is 0 Å². The molecule has 2 heterocycles. The van der Waals surface area contributed by atoms with Gasteiger partial charge in [0.1, 0.15) is 6.61 Å². The van der Waals surface area contributed by atoms with Crippen molar-refractivity contribution in [1.82, 2.24) is 15.3 Å². The second-order valence-electron chi connectivity index (χ2n) is 5.84. The molecule has 5 heteroatoms. The van der Waals surface area contributed by atoms with E-state index in [1.54, 1.807) is 30.7 Å². The minimum Gasteiger partial charge on any atom is -0.473 e. The normalized spacial score (nSPS) is 15.1. The van der Waals surface area contributed by atoms with Crippen molar-refractivity contribution in [2.24, 2.45) is 0 Å². The molecule has 3 rings (SSSR count). The summed E-state index contributed by atoms with van der Waals surface area (Å²) in [6.07, 6.45) is 10.8. The highest BCUT2D eigenvalue weighted by Crippen LogP contribution is 2.18. The molecule has 1 aliphatic carbocycles. The van der Waals surface area contributed by atoms with E-state index in [2.05, 4.69) is 15.3 Å². The summed E-state index contributed by atoms with van der Waals surface area (Å²) in [6.45, 7) is 0.434. The molecule has 1 amide bonds. The van der Waals surface area contributed by atoms with Crippen molar-refractivity contribution in [3.8, 4) is 5.88 Å². The summed E-state index contributed by atoms with van der Waals surface area (Å²) in [5.41, 5.74) is 1.60. The second-order valence-corrected chi connectivity index (χ2v) is 5.84. The number of ether oxygens (including phenoxy) is 1. The predicted octanol–water partition coefficient (Wildman–Crippen LogP) is 3.12. The van der Waals surface area contributed by atoms with Gasteiger partial charge in [-0.25, -0.2) is 4.98 Å². The van der Waals surface area contributed by atoms with Crippen LogP contribution in [-0.4, -0.2) is 21.9 Å². The van der Waals surface area contributed by atoms with Gasteiger partial charge in [0.25, 0.3) is 5.91 Å². The Morgan fingerprint density at radius 2 is 1.91 bits per heavy atom. The van der Waals surface area contributed by atoms with E-state index in [0.717, 1.165) is 18.4 Å². The highest BCUT2D eigenvalue weighted by Gasteiger charge is 2.16. The van der Waals surface area contributed by atoms with E-state index in [-0.39, 0.29) is 5.91 Å². The average Bonchev–Trinajstić information content (AvgIpc) is 2.62. The van der Waals surface area contributed by atoms with Crippen molar-refractivity contribution < 1.29 is 9.53 Å². The van der Waals surface area contributed by atoms with Crippen LogP contribution >= 0.6 is 0 Å². The van der Waals surface area contributed by atoms with Gasteiger partial charge in [0.2, 0.25) is 5.88 Å². The van der Waals surface area contributed by atoms with Gasteiger partial charge < -0.3 is 10.1 Å². The quantitative estimate of drug-likeness (QED) is 0.921. The Hall–Kier alpha value is -2.43. The van der Waals surface area contributed by atoms with Gasteiger partial charge in [-0.3, -0.25) is 9.78 Å². The number of carbonyl (C=O) groups excluding carboxylic acids is 1. The first kappa shape index (κ1) is 15.5. The minimum absolute atomic E-state index is 0.0508. The van der Waals surface area contributed by atoms with Crippen LogP contribution in [0.5, 0.6) is 5.88 Å². The standard InChI is InChI=1S/C18H21N3O2/c22-18(21-16-4-2-1-3-5-16)15-6-7-17(20-12-15)23-13-14-8-10-19-11-9-14/h6-12,16H,1-5,13H2,(H,21,22). The van der Waals surface area contributed by atoms with Crippen molar-refractivity contribution in [3.63, 3.8) is 0 Å². The lowest BCUT2D eigenvalue weighted by atomic mass is 9.95. The average molecular weight is 311 g/mol. The highest BCUT2D eigenvalue weighted by molar-refractivity contribution is 5.94. The fourth-order valence-electron chi connectivity index (χ4n) is 2.75. The van der Waals surface area contributed by atoms with Crippen LogP contribution in [0.4, 0.5) is 0 Å². The third-order valence-electron chi connectivity index (χ3n) is 4.07. The Morgan fingerprint density at radius 1 is 1.13 bits per heavy atom. The highest BCUT2D eigenvalue weighted by atomic mass is 16.5. The topological polar surface area (TPSA) is 64.1 Å². The predicted molar refractivity (Wildman–Crippen MR) is 87.1 cm³/mol. The van der Waals surface area contributed by atoms with Gasteiger partial charge in [0, 0.05) is 30.7 Å². The molecule has 1 N–H and O–H groups in total. The Kier molecular flexibility index (Phi) is 5.19. The lowest BCUT2D eigenvalue weighted by Gasteiger charge is -2.22. The number of amides is 1. The van der Waals surface area contributed by atoms with Gasteiger partial charge in [0.05, 0.1) is 5.56 Å². The molecule has 120 valence electrons. The molecule has 1 saturated carbocycles. The lowest BCUT2D eigenvalue weighted by molar-refractivity contribution is 0.0927. The summed E-state index contributed by atoms with van der Waals surface area (Å²) in [5, 5.41) is 3.09. The molecule has 23 heavy (non-hydrogen) atoms. The van der Waals surface area contributed by atoms with Gasteiger partial charge >= 0.3 is 0 Å². The van der Waals surface area contributed by atoms with Crippen molar-refractivity contribution >= 4 is 5.91 Å². The summed E-state index contributed by atoms with van der Waals surface area (Å²) < 4.78 is 5.61. The summed E-state index contributed by atoms with van der Waals surface area (Å²) in [6, 6.07) is 7.58. The van der Waals surface area contributed by atoms with Gasteiger partial charge in [-0.05, 0) is 36.6 Å². The van der Waals surface area contributed by atoms with E-state index in [1.165, 1.54) is 19.3 Å². The second kappa shape index (κ2) is 7.72. The number of hydrogen-bond donors (Lipinski definition) is 1. The maximum atomic E-state index is 12.2. The largest absolute Gasteiger partial charge is 0.473 e. The number of nitrogens with zero attached hydrogens (tertiary/aromatic N) is 2. The van der Waals surface area contributed by atoms with E-state index in [0.29, 0.717) is 24.1 Å². The molecule has 0 spiro atoms. The first-order valence-electron chi connectivity index (χ1n) is 8.10. The van der Waals surface area contributed by atoms with Crippen molar-refractivity contribution in [3.05, 3.63) is 54.0 Å². The van der Waals surface area contributed by atoms with Crippen LogP contribution in [0.15, 0.2) is 42.9 Å². The summed E-state index contributed by atoms with van der Waals surface area (Å²) >= 11 is 0. The van der Waals surface area contributed by atoms with Crippen molar-refractivity contribution in [2.45, 2.75) is 44.8 Å². The molecule has 1 fully saturated rings. The van der Waals surface area contributed by atoms with Crippen LogP contribution in [0, 0.1) is 0 Å². The van der Waals surface area contributed by atoms with Crippen LogP contribution < -0.4 is 10.1 Å². The number of rotatable bonds is 5. The fraction of sp³-hybridized carbons (Fsp3) is 0.389. The molecular weight excluding hydrogens is 290 g/mol. The lowest BCUT2D eigenvalue weighted by Crippen LogP contribution is -2.36. The van der Waals surface area contributed by atoms with E-state index in [9.17, 15) is 4.79 Å². The SMILES string of the molecule is O=C(NC1CCCCC1)c1ccc(OCc2ccncc2)nc1. The zero-order valence-electron chi connectivity index (χ0n) is 13.1. The third kappa shape index (κ3) is 4.52. The minimum atomic E-state index is -0.0508. The molecule has 0 saturated heterocycles. The molecule has 2 aromatic rings. The molecule has 0 aromatic carbocycles. The maximum absolute atomic E-state index is 12.2. The van der Waals surface area contributed by atoms with E-state index in [1.807, 2.05) is 12.1 Å². The number of hydrogen-bond acceptors (Lipinski definition) is 4. The van der Waals surface area contributed by atoms with Crippen molar-refractivity contribution in [1.29, 1.82) is 0 Å². The molecular formula is C18H21N3O2. The molecule has 0 aliphatic heterocycles. The van der Waals surface area contributed by atoms with Crippen molar-refractivity contribution in [2.75, 3.05) is 0 Å². The van der Waals surface area contributed by atoms with Crippen LogP contribution in [0.1, 0.15) is 48.0 Å². The number of aromatic nitrogens is 2. The van der Waals surface area contributed by atoms with E-state index < -0.39 is 0 Å². The monoisotopic (exact) mass is 311 g/mol. The molecule has 5 nitrogen and oxygen atoms in total. The molecule has 0 radical (unpaired) electrons. The summed E-state index contributed by atoms with van der Waals surface area (Å²) in [5.74, 6) is 0.459. The Morgan fingerprint density at radius 3 is 2.61 bits per heavy atom.